The van der Waals surface area contributed by atoms with Crippen molar-refractivity contribution in [3.8, 4) is 0 Å². The molecule has 0 radical (unpaired) electrons. The molecule has 1 N–H and O–H groups in total. The zero-order chi connectivity index (χ0) is 16.1. The van der Waals surface area contributed by atoms with E-state index in [9.17, 15) is 9.50 Å². The summed E-state index contributed by atoms with van der Waals surface area (Å²) in [6, 6.07) is 7.01. The van der Waals surface area contributed by atoms with Gasteiger partial charge in [-0.1, -0.05) is 37.5 Å². The van der Waals surface area contributed by atoms with Crippen LogP contribution in [0.15, 0.2) is 24.3 Å². The number of rotatable bonds is 5. The van der Waals surface area contributed by atoms with Crippen molar-refractivity contribution in [1.82, 2.24) is 4.90 Å². The van der Waals surface area contributed by atoms with E-state index in [0.717, 1.165) is 45.1 Å². The monoisotopic (exact) mass is 355 g/mol. The highest BCUT2D eigenvalue weighted by Gasteiger charge is 2.40. The van der Waals surface area contributed by atoms with E-state index in [1.54, 1.807) is 6.07 Å². The van der Waals surface area contributed by atoms with Crippen LogP contribution < -0.4 is 0 Å². The smallest absolute Gasteiger partial charge is 0.126 e. The molecule has 0 bridgehead atoms. The molecule has 0 aromatic heterocycles. The summed E-state index contributed by atoms with van der Waals surface area (Å²) in [5.41, 5.74) is -0.0105. The summed E-state index contributed by atoms with van der Waals surface area (Å²) in [5, 5.41) is 11.3. The summed E-state index contributed by atoms with van der Waals surface area (Å²) in [4.78, 5) is 2.52. The van der Waals surface area contributed by atoms with Crippen LogP contribution in [-0.4, -0.2) is 35.2 Å². The second-order valence-corrected chi connectivity index (χ2v) is 7.43. The van der Waals surface area contributed by atoms with Crippen LogP contribution in [-0.2, 0) is 0 Å². The molecule has 1 aromatic carbocycles. The first-order valence-electron chi connectivity index (χ1n) is 9.38. The minimum atomic E-state index is -0.726. The average Bonchev–Trinajstić information content (AvgIpc) is 2.57. The Morgan fingerprint density at radius 3 is 2.58 bits per heavy atom. The van der Waals surface area contributed by atoms with Crippen molar-refractivity contribution >= 4 is 12.4 Å². The predicted octanol–water partition coefficient (Wildman–Crippen LogP) is 4.90. The Kier molecular flexibility index (Phi) is 7.52. The zero-order valence-corrected chi connectivity index (χ0v) is 15.4. The predicted molar refractivity (Wildman–Crippen MR) is 99.3 cm³/mol. The molecule has 0 unspecified atom stereocenters. The van der Waals surface area contributed by atoms with Crippen LogP contribution >= 0.6 is 12.4 Å². The Bertz CT molecular complexity index is 506. The lowest BCUT2D eigenvalue weighted by atomic mass is 9.70. The van der Waals surface area contributed by atoms with Crippen molar-refractivity contribution in [2.45, 2.75) is 69.3 Å². The number of piperidine rings is 1. The van der Waals surface area contributed by atoms with Crippen LogP contribution in [0.4, 0.5) is 4.39 Å². The molecule has 2 fully saturated rings. The lowest BCUT2D eigenvalue weighted by Gasteiger charge is -2.41. The standard InChI is InChI=1S/C20H30FNO.ClH/c21-19-11-3-2-9-17(19)18-10-4-5-12-20(18,23)13-8-16-22-14-6-1-7-15-22;/h2-3,9,11,18,23H,1,4-8,10,12-16H2;1H/t18-,20+;/m0./s1. The number of benzene rings is 1. The topological polar surface area (TPSA) is 23.5 Å². The second-order valence-electron chi connectivity index (χ2n) is 7.43. The van der Waals surface area contributed by atoms with Crippen LogP contribution in [0.2, 0.25) is 0 Å². The minimum absolute atomic E-state index is 0. The molecule has 1 heterocycles. The minimum Gasteiger partial charge on any atom is -0.389 e. The zero-order valence-electron chi connectivity index (χ0n) is 14.6. The summed E-state index contributed by atoms with van der Waals surface area (Å²) >= 11 is 0. The lowest BCUT2D eigenvalue weighted by molar-refractivity contribution is -0.0287. The molecular weight excluding hydrogens is 325 g/mol. The highest BCUT2D eigenvalue weighted by molar-refractivity contribution is 5.85. The highest BCUT2D eigenvalue weighted by Crippen LogP contribution is 2.44. The number of hydrogen-bond donors (Lipinski definition) is 1. The third kappa shape index (κ3) is 4.71. The first-order valence-corrected chi connectivity index (χ1v) is 9.38. The number of hydrogen-bond acceptors (Lipinski definition) is 2. The van der Waals surface area contributed by atoms with Gasteiger partial charge in [0.2, 0.25) is 0 Å². The fraction of sp³-hybridized carbons (Fsp3) is 0.700. The first-order chi connectivity index (χ1) is 11.2. The van der Waals surface area contributed by atoms with E-state index in [-0.39, 0.29) is 24.1 Å². The summed E-state index contributed by atoms with van der Waals surface area (Å²) in [5.74, 6) is -0.201. The lowest BCUT2D eigenvalue weighted by Crippen LogP contribution is -2.40. The van der Waals surface area contributed by atoms with Gasteiger partial charge in [0.15, 0.2) is 0 Å². The molecular formula is C20H31ClFNO. The van der Waals surface area contributed by atoms with Crippen LogP contribution in [0, 0.1) is 5.82 Å². The molecule has 0 amide bonds. The molecule has 136 valence electrons. The Morgan fingerprint density at radius 1 is 1.08 bits per heavy atom. The number of nitrogens with zero attached hydrogens (tertiary/aromatic N) is 1. The van der Waals surface area contributed by atoms with E-state index < -0.39 is 5.60 Å². The van der Waals surface area contributed by atoms with Gasteiger partial charge in [-0.25, -0.2) is 4.39 Å². The second kappa shape index (κ2) is 9.17. The van der Waals surface area contributed by atoms with Crippen molar-refractivity contribution in [2.75, 3.05) is 19.6 Å². The molecule has 4 heteroatoms. The van der Waals surface area contributed by atoms with Gasteiger partial charge in [0.25, 0.3) is 0 Å². The summed E-state index contributed by atoms with van der Waals surface area (Å²) in [6.45, 7) is 3.48. The van der Waals surface area contributed by atoms with Gasteiger partial charge in [0.1, 0.15) is 5.82 Å². The molecule has 2 aliphatic rings. The van der Waals surface area contributed by atoms with Crippen LogP contribution in [0.25, 0.3) is 0 Å². The molecule has 2 atom stereocenters. The summed E-state index contributed by atoms with van der Waals surface area (Å²) < 4.78 is 14.2. The van der Waals surface area contributed by atoms with E-state index in [1.165, 1.54) is 38.4 Å². The molecule has 1 saturated heterocycles. The maximum absolute atomic E-state index is 14.2. The maximum Gasteiger partial charge on any atom is 0.126 e. The normalized spacial score (nSPS) is 28.3. The van der Waals surface area contributed by atoms with Gasteiger partial charge in [-0.2, -0.15) is 0 Å². The Hall–Kier alpha value is -0.640. The van der Waals surface area contributed by atoms with Crippen molar-refractivity contribution in [1.29, 1.82) is 0 Å². The van der Waals surface area contributed by atoms with Crippen molar-refractivity contribution in [3.05, 3.63) is 35.6 Å². The van der Waals surface area contributed by atoms with E-state index in [2.05, 4.69) is 4.90 Å². The Balaban J connectivity index is 0.00000208. The number of aliphatic hydroxyl groups is 1. The summed E-state index contributed by atoms with van der Waals surface area (Å²) in [7, 11) is 0. The van der Waals surface area contributed by atoms with Crippen molar-refractivity contribution in [2.24, 2.45) is 0 Å². The largest absolute Gasteiger partial charge is 0.389 e. The molecule has 0 spiro atoms. The van der Waals surface area contributed by atoms with Gasteiger partial charge in [0.05, 0.1) is 5.60 Å². The van der Waals surface area contributed by atoms with Gasteiger partial charge in [-0.3, -0.25) is 0 Å². The molecule has 1 aliphatic carbocycles. The van der Waals surface area contributed by atoms with E-state index in [0.29, 0.717) is 5.56 Å². The van der Waals surface area contributed by atoms with Gasteiger partial charge < -0.3 is 10.0 Å². The van der Waals surface area contributed by atoms with Crippen LogP contribution in [0.5, 0.6) is 0 Å². The molecule has 2 nitrogen and oxygen atoms in total. The molecule has 1 aromatic rings. The van der Waals surface area contributed by atoms with Crippen molar-refractivity contribution in [3.63, 3.8) is 0 Å². The van der Waals surface area contributed by atoms with E-state index in [1.807, 2.05) is 12.1 Å². The first kappa shape index (κ1) is 19.7. The molecule has 24 heavy (non-hydrogen) atoms. The quantitative estimate of drug-likeness (QED) is 0.811. The maximum atomic E-state index is 14.2. The van der Waals surface area contributed by atoms with Crippen LogP contribution in [0.1, 0.15) is 69.3 Å². The molecule has 1 saturated carbocycles. The Labute approximate surface area is 151 Å². The van der Waals surface area contributed by atoms with E-state index in [4.69, 9.17) is 0 Å². The Morgan fingerprint density at radius 2 is 1.83 bits per heavy atom. The van der Waals surface area contributed by atoms with Gasteiger partial charge in [-0.15, -0.1) is 12.4 Å². The third-order valence-corrected chi connectivity index (χ3v) is 5.81. The van der Waals surface area contributed by atoms with Crippen LogP contribution in [0.3, 0.4) is 0 Å². The van der Waals surface area contributed by atoms with Gasteiger partial charge in [-0.05, 0) is 69.8 Å². The van der Waals surface area contributed by atoms with Crippen molar-refractivity contribution < 1.29 is 9.50 Å². The third-order valence-electron chi connectivity index (χ3n) is 5.81. The molecule has 1 aliphatic heterocycles. The number of halogens is 2. The van der Waals surface area contributed by atoms with E-state index >= 15 is 0 Å². The van der Waals surface area contributed by atoms with Gasteiger partial charge >= 0.3 is 0 Å². The fourth-order valence-corrected chi connectivity index (χ4v) is 4.52. The SMILES string of the molecule is Cl.O[C@@]1(CCCN2CCCCC2)CCCC[C@H]1c1ccccc1F. The highest BCUT2D eigenvalue weighted by atomic mass is 35.5. The fourth-order valence-electron chi connectivity index (χ4n) is 4.52. The molecule has 3 rings (SSSR count). The number of likely N-dealkylation sites (tertiary alicyclic amines) is 1. The summed E-state index contributed by atoms with van der Waals surface area (Å²) in [6.07, 6.45) is 9.65. The average molecular weight is 356 g/mol. The van der Waals surface area contributed by atoms with Gasteiger partial charge in [0, 0.05) is 5.92 Å².